The monoisotopic (exact) mass is 422 g/mol. The van der Waals surface area contributed by atoms with Gasteiger partial charge in [0, 0.05) is 38.3 Å². The number of hydrogen-bond donors (Lipinski definition) is 0. The van der Waals surface area contributed by atoms with E-state index in [1.165, 1.54) is 11.1 Å². The number of allylic oxidation sites excluding steroid dienone is 3. The van der Waals surface area contributed by atoms with Gasteiger partial charge in [-0.2, -0.15) is 0 Å². The van der Waals surface area contributed by atoms with Gasteiger partial charge in [0.25, 0.3) is 0 Å². The molecular formula is C24H30N4O3. The molecule has 0 bridgehead atoms. The molecule has 3 heterocycles. The van der Waals surface area contributed by atoms with Gasteiger partial charge in [0.1, 0.15) is 17.6 Å². The molecule has 2 aliphatic heterocycles. The van der Waals surface area contributed by atoms with Crippen molar-refractivity contribution in [1.29, 1.82) is 0 Å². The number of carbonyl (C=O) groups is 1. The van der Waals surface area contributed by atoms with Crippen molar-refractivity contribution in [3.63, 3.8) is 0 Å². The van der Waals surface area contributed by atoms with Crippen LogP contribution in [0.3, 0.4) is 0 Å². The number of ether oxygens (including phenoxy) is 1. The standard InChI is InChI=1S/C24H30N4O3/c1-3-5-20-21(17-30-24(20)29)18(2)6-4-10-27-12-14-28(15-13-27)11-9-19-7-8-22-23(16-19)26-31-25-22/h3,5,7-8,16H,1,4,6,9-15,17H2,2H3/b20-5+,21-18-. The van der Waals surface area contributed by atoms with Crippen LogP contribution in [0.15, 0.2) is 58.3 Å². The van der Waals surface area contributed by atoms with Crippen molar-refractivity contribution < 1.29 is 14.2 Å². The Morgan fingerprint density at radius 3 is 2.65 bits per heavy atom. The first-order valence-electron chi connectivity index (χ1n) is 11.0. The number of cyclic esters (lactones) is 1. The van der Waals surface area contributed by atoms with E-state index < -0.39 is 0 Å². The second-order valence-electron chi connectivity index (χ2n) is 8.28. The van der Waals surface area contributed by atoms with Gasteiger partial charge in [-0.15, -0.1) is 0 Å². The fraction of sp³-hybridized carbons (Fsp3) is 0.458. The smallest absolute Gasteiger partial charge is 0.338 e. The van der Waals surface area contributed by atoms with Crippen molar-refractivity contribution in [3.05, 3.63) is 59.2 Å². The first-order chi connectivity index (χ1) is 15.1. The third-order valence-corrected chi connectivity index (χ3v) is 6.22. The van der Waals surface area contributed by atoms with Crippen molar-refractivity contribution in [3.8, 4) is 0 Å². The molecule has 2 aromatic rings. The Bertz CT molecular complexity index is 999. The van der Waals surface area contributed by atoms with E-state index in [1.807, 2.05) is 6.07 Å². The van der Waals surface area contributed by atoms with Crippen LogP contribution in [0.25, 0.3) is 11.0 Å². The zero-order chi connectivity index (χ0) is 21.6. The summed E-state index contributed by atoms with van der Waals surface area (Å²) >= 11 is 0. The third kappa shape index (κ3) is 5.29. The molecule has 1 aromatic heterocycles. The number of rotatable bonds is 8. The number of nitrogens with zero attached hydrogens (tertiary/aromatic N) is 4. The lowest BCUT2D eigenvalue weighted by Crippen LogP contribution is -2.47. The van der Waals surface area contributed by atoms with Gasteiger partial charge in [0.2, 0.25) is 0 Å². The predicted molar refractivity (Wildman–Crippen MR) is 120 cm³/mol. The Morgan fingerprint density at radius 2 is 1.87 bits per heavy atom. The fourth-order valence-corrected chi connectivity index (χ4v) is 4.28. The molecule has 31 heavy (non-hydrogen) atoms. The summed E-state index contributed by atoms with van der Waals surface area (Å²) < 4.78 is 9.97. The van der Waals surface area contributed by atoms with E-state index in [4.69, 9.17) is 9.37 Å². The number of benzene rings is 1. The largest absolute Gasteiger partial charge is 0.457 e. The highest BCUT2D eigenvalue weighted by atomic mass is 16.6. The van der Waals surface area contributed by atoms with Crippen molar-refractivity contribution in [1.82, 2.24) is 20.1 Å². The summed E-state index contributed by atoms with van der Waals surface area (Å²) in [7, 11) is 0. The van der Waals surface area contributed by atoms with Crippen LogP contribution in [0, 0.1) is 0 Å². The maximum absolute atomic E-state index is 11.8. The molecule has 0 radical (unpaired) electrons. The zero-order valence-corrected chi connectivity index (χ0v) is 18.2. The van der Waals surface area contributed by atoms with Crippen LogP contribution in [-0.2, 0) is 16.0 Å². The SMILES string of the molecule is C=C/C=C1/C(=O)OC/C1=C(\C)CCCN1CCN(CCc2ccc3nonc3c2)CC1. The second-order valence-corrected chi connectivity index (χ2v) is 8.28. The van der Waals surface area contributed by atoms with E-state index in [9.17, 15) is 4.79 Å². The molecule has 0 unspecified atom stereocenters. The summed E-state index contributed by atoms with van der Waals surface area (Å²) in [6.07, 6.45) is 6.50. The summed E-state index contributed by atoms with van der Waals surface area (Å²) in [5, 5.41) is 7.78. The summed E-state index contributed by atoms with van der Waals surface area (Å²) in [5.41, 5.74) is 5.86. The van der Waals surface area contributed by atoms with Gasteiger partial charge in [0.15, 0.2) is 0 Å². The molecule has 2 fully saturated rings. The molecule has 4 rings (SSSR count). The first kappa shape index (κ1) is 21.5. The minimum absolute atomic E-state index is 0.233. The molecule has 0 spiro atoms. The van der Waals surface area contributed by atoms with E-state index in [0.29, 0.717) is 12.2 Å². The number of fused-ring (bicyclic) bond motifs is 1. The molecule has 1 aromatic carbocycles. The van der Waals surface area contributed by atoms with Gasteiger partial charge in [-0.1, -0.05) is 24.3 Å². The Hall–Kier alpha value is -2.77. The second kappa shape index (κ2) is 10.0. The topological polar surface area (TPSA) is 71.7 Å². The number of hydrogen-bond acceptors (Lipinski definition) is 7. The molecule has 164 valence electrons. The lowest BCUT2D eigenvalue weighted by molar-refractivity contribution is -0.134. The Labute approximate surface area is 183 Å². The summed E-state index contributed by atoms with van der Waals surface area (Å²) in [6.45, 7) is 12.7. The van der Waals surface area contributed by atoms with Gasteiger partial charge < -0.3 is 14.5 Å². The number of carbonyl (C=O) groups excluding carboxylic acids is 1. The number of piperazine rings is 1. The first-order valence-corrected chi connectivity index (χ1v) is 11.0. The summed E-state index contributed by atoms with van der Waals surface area (Å²) in [4.78, 5) is 16.9. The Kier molecular flexibility index (Phi) is 6.94. The molecule has 2 saturated heterocycles. The third-order valence-electron chi connectivity index (χ3n) is 6.22. The normalized spacial score (nSPS) is 21.1. The Morgan fingerprint density at radius 1 is 1.13 bits per heavy atom. The molecular weight excluding hydrogens is 392 g/mol. The van der Waals surface area contributed by atoms with E-state index in [1.54, 1.807) is 12.2 Å². The summed E-state index contributed by atoms with van der Waals surface area (Å²) in [5.74, 6) is -0.233. The van der Waals surface area contributed by atoms with Crippen molar-refractivity contribution in [2.45, 2.75) is 26.2 Å². The number of esters is 1. The van der Waals surface area contributed by atoms with Gasteiger partial charge in [0.05, 0.1) is 5.57 Å². The molecule has 0 aliphatic carbocycles. The van der Waals surface area contributed by atoms with Crippen LogP contribution in [0.4, 0.5) is 0 Å². The highest BCUT2D eigenvalue weighted by Gasteiger charge is 2.25. The molecule has 2 aliphatic rings. The van der Waals surface area contributed by atoms with Crippen LogP contribution in [-0.4, -0.2) is 72.0 Å². The maximum atomic E-state index is 11.8. The summed E-state index contributed by atoms with van der Waals surface area (Å²) in [6, 6.07) is 6.15. The minimum atomic E-state index is -0.233. The predicted octanol–water partition coefficient (Wildman–Crippen LogP) is 3.15. The molecule has 7 nitrogen and oxygen atoms in total. The van der Waals surface area contributed by atoms with Crippen molar-refractivity contribution >= 4 is 17.0 Å². The molecule has 0 N–H and O–H groups in total. The average molecular weight is 423 g/mol. The van der Waals surface area contributed by atoms with Gasteiger partial charge in [-0.05, 0) is 66.8 Å². The maximum Gasteiger partial charge on any atom is 0.338 e. The van der Waals surface area contributed by atoms with Crippen molar-refractivity contribution in [2.24, 2.45) is 0 Å². The van der Waals surface area contributed by atoms with Crippen molar-refractivity contribution in [2.75, 3.05) is 45.9 Å². The zero-order valence-electron chi connectivity index (χ0n) is 18.2. The van der Waals surface area contributed by atoms with E-state index >= 15 is 0 Å². The van der Waals surface area contributed by atoms with Crippen LogP contribution < -0.4 is 0 Å². The fourth-order valence-electron chi connectivity index (χ4n) is 4.28. The molecule has 0 amide bonds. The van der Waals surface area contributed by atoms with Gasteiger partial charge >= 0.3 is 5.97 Å². The quantitative estimate of drug-likeness (QED) is 0.478. The highest BCUT2D eigenvalue weighted by Crippen LogP contribution is 2.26. The van der Waals surface area contributed by atoms with E-state index in [2.05, 4.69) is 45.7 Å². The van der Waals surface area contributed by atoms with E-state index in [0.717, 1.165) is 75.1 Å². The molecule has 0 atom stereocenters. The van der Waals surface area contributed by atoms with Crippen LogP contribution in [0.2, 0.25) is 0 Å². The van der Waals surface area contributed by atoms with Crippen LogP contribution >= 0.6 is 0 Å². The number of aromatic nitrogens is 2. The van der Waals surface area contributed by atoms with E-state index in [-0.39, 0.29) is 5.97 Å². The Balaban J connectivity index is 1.18. The molecule has 7 heteroatoms. The molecule has 0 saturated carbocycles. The average Bonchev–Trinajstić information content (AvgIpc) is 3.40. The highest BCUT2D eigenvalue weighted by molar-refractivity contribution is 5.96. The van der Waals surface area contributed by atoms with Crippen LogP contribution in [0.1, 0.15) is 25.3 Å². The lowest BCUT2D eigenvalue weighted by atomic mass is 9.99. The van der Waals surface area contributed by atoms with Crippen LogP contribution in [0.5, 0.6) is 0 Å². The van der Waals surface area contributed by atoms with Gasteiger partial charge in [-0.25, -0.2) is 9.42 Å². The lowest BCUT2D eigenvalue weighted by Gasteiger charge is -2.34. The minimum Gasteiger partial charge on any atom is -0.457 e. The van der Waals surface area contributed by atoms with Gasteiger partial charge in [-0.3, -0.25) is 0 Å².